The molecule has 0 spiro atoms. The van der Waals surface area contributed by atoms with E-state index in [0.29, 0.717) is 12.8 Å². The first-order chi connectivity index (χ1) is 9.21. The Morgan fingerprint density at radius 2 is 0.909 bits per heavy atom. The SMILES string of the molecule is O=S(=O)([O-])CCCCCSSCCCCCS(=O)(=O)[O-].[Na+].[Na+]. The normalized spacial score (nSPS) is 11.5. The van der Waals surface area contributed by atoms with Gasteiger partial charge in [-0.1, -0.05) is 34.4 Å². The summed E-state index contributed by atoms with van der Waals surface area (Å²) in [7, 11) is -4.78. The van der Waals surface area contributed by atoms with Crippen LogP contribution in [0.15, 0.2) is 0 Å². The van der Waals surface area contributed by atoms with E-state index in [2.05, 4.69) is 0 Å². The summed E-state index contributed by atoms with van der Waals surface area (Å²) < 4.78 is 62.0. The fourth-order valence-electron chi connectivity index (χ4n) is 1.35. The molecule has 0 saturated carbocycles. The van der Waals surface area contributed by atoms with Crippen molar-refractivity contribution in [2.45, 2.75) is 38.5 Å². The summed E-state index contributed by atoms with van der Waals surface area (Å²) in [6, 6.07) is 0. The molecule has 122 valence electrons. The maximum Gasteiger partial charge on any atom is 1.00 e. The number of hydrogen-bond donors (Lipinski definition) is 0. The molecule has 0 heterocycles. The van der Waals surface area contributed by atoms with Crippen LogP contribution in [0.2, 0.25) is 0 Å². The van der Waals surface area contributed by atoms with Crippen molar-refractivity contribution in [1.82, 2.24) is 0 Å². The van der Waals surface area contributed by atoms with Crippen LogP contribution in [0.1, 0.15) is 38.5 Å². The van der Waals surface area contributed by atoms with Gasteiger partial charge in [0.1, 0.15) is 0 Å². The maximum absolute atomic E-state index is 10.3. The summed E-state index contributed by atoms with van der Waals surface area (Å²) in [6.45, 7) is 0. The summed E-state index contributed by atoms with van der Waals surface area (Å²) in [4.78, 5) is 0. The van der Waals surface area contributed by atoms with Gasteiger partial charge in [0.2, 0.25) is 0 Å². The van der Waals surface area contributed by atoms with E-state index in [0.717, 1.165) is 37.2 Å². The average Bonchev–Trinajstić information content (AvgIpc) is 2.27. The van der Waals surface area contributed by atoms with Gasteiger partial charge in [0.05, 0.1) is 20.2 Å². The van der Waals surface area contributed by atoms with Crippen molar-refractivity contribution < 1.29 is 85.1 Å². The molecule has 0 atom stereocenters. The van der Waals surface area contributed by atoms with Crippen LogP contribution in [-0.4, -0.2) is 49.0 Å². The van der Waals surface area contributed by atoms with Crippen LogP contribution in [0.4, 0.5) is 0 Å². The molecule has 0 aliphatic rings. The molecule has 0 saturated heterocycles. The van der Waals surface area contributed by atoms with Gasteiger partial charge in [0.25, 0.3) is 0 Å². The first-order valence-corrected chi connectivity index (χ1v) is 12.0. The van der Waals surface area contributed by atoms with E-state index in [1.54, 1.807) is 21.6 Å². The van der Waals surface area contributed by atoms with Crippen LogP contribution in [0.25, 0.3) is 0 Å². The molecule has 0 aromatic heterocycles. The van der Waals surface area contributed by atoms with Crippen molar-refractivity contribution in [3.8, 4) is 0 Å². The van der Waals surface area contributed by atoms with Gasteiger partial charge in [-0.15, -0.1) is 0 Å². The molecule has 0 aliphatic heterocycles. The Hall–Kier alpha value is 2.52. The van der Waals surface area contributed by atoms with Crippen molar-refractivity contribution in [3.63, 3.8) is 0 Å². The fourth-order valence-corrected chi connectivity index (χ4v) is 4.76. The molecule has 0 bridgehead atoms. The van der Waals surface area contributed by atoms with Gasteiger partial charge in [-0.05, 0) is 25.7 Å². The van der Waals surface area contributed by atoms with Crippen LogP contribution in [0.3, 0.4) is 0 Å². The van der Waals surface area contributed by atoms with Crippen molar-refractivity contribution >= 4 is 41.8 Å². The average molecular weight is 411 g/mol. The van der Waals surface area contributed by atoms with Crippen LogP contribution in [0.5, 0.6) is 0 Å². The zero-order chi connectivity index (χ0) is 15.5. The van der Waals surface area contributed by atoms with Gasteiger partial charge >= 0.3 is 59.1 Å². The molecule has 0 aromatic carbocycles. The van der Waals surface area contributed by atoms with Gasteiger partial charge in [0.15, 0.2) is 0 Å². The number of unbranched alkanes of at least 4 members (excludes halogenated alkanes) is 4. The van der Waals surface area contributed by atoms with Crippen molar-refractivity contribution in [2.75, 3.05) is 23.0 Å². The molecule has 0 amide bonds. The molecule has 0 radical (unpaired) electrons. The van der Waals surface area contributed by atoms with Crippen molar-refractivity contribution in [1.29, 1.82) is 0 Å². The van der Waals surface area contributed by atoms with Gasteiger partial charge in [0, 0.05) is 23.0 Å². The minimum Gasteiger partial charge on any atom is -0.748 e. The van der Waals surface area contributed by atoms with E-state index in [1.165, 1.54) is 0 Å². The third-order valence-electron chi connectivity index (χ3n) is 2.33. The molecule has 0 aliphatic carbocycles. The summed E-state index contributed by atoms with van der Waals surface area (Å²) >= 11 is 0. The van der Waals surface area contributed by atoms with E-state index >= 15 is 0 Å². The summed E-state index contributed by atoms with van der Waals surface area (Å²) in [5.74, 6) is 1.23. The second kappa shape index (κ2) is 17.0. The summed E-state index contributed by atoms with van der Waals surface area (Å²) in [6.07, 6.45) is 4.05. The smallest absolute Gasteiger partial charge is 0.748 e. The van der Waals surface area contributed by atoms with Gasteiger partial charge in [-0.25, -0.2) is 16.8 Å². The Balaban J connectivity index is -0.00000180. The van der Waals surface area contributed by atoms with E-state index < -0.39 is 20.2 Å². The molecular formula is C10H20Na2O6S4. The largest absolute Gasteiger partial charge is 1.00 e. The van der Waals surface area contributed by atoms with E-state index in [9.17, 15) is 25.9 Å². The first kappa shape index (κ1) is 29.3. The van der Waals surface area contributed by atoms with Crippen molar-refractivity contribution in [2.24, 2.45) is 0 Å². The Labute approximate surface area is 186 Å². The van der Waals surface area contributed by atoms with E-state index in [1.807, 2.05) is 0 Å². The summed E-state index contributed by atoms with van der Waals surface area (Å²) in [5, 5.41) is 0. The molecule has 0 unspecified atom stereocenters. The Bertz CT molecular complexity index is 398. The van der Waals surface area contributed by atoms with Crippen LogP contribution >= 0.6 is 21.6 Å². The predicted molar refractivity (Wildman–Crippen MR) is 81.7 cm³/mol. The van der Waals surface area contributed by atoms with Crippen LogP contribution in [0, 0.1) is 0 Å². The standard InChI is InChI=1S/C10H22O6S4.2Na/c11-19(12,13)9-5-1-3-7-17-18-8-4-2-6-10-20(14,15)16;;/h1-10H2,(H,11,12,13)(H,14,15,16);;/q;2*+1/p-2. The molecule has 0 rings (SSSR count). The van der Waals surface area contributed by atoms with Gasteiger partial charge in [-0.3, -0.25) is 0 Å². The Morgan fingerprint density at radius 1 is 0.591 bits per heavy atom. The topological polar surface area (TPSA) is 114 Å². The molecule has 22 heavy (non-hydrogen) atoms. The molecule has 0 fully saturated rings. The molecular weight excluding hydrogens is 390 g/mol. The minimum absolute atomic E-state index is 0. The molecule has 12 heteroatoms. The second-order valence-corrected chi connectivity index (χ2v) is 10.0. The molecule has 6 nitrogen and oxygen atoms in total. The van der Waals surface area contributed by atoms with Crippen LogP contribution < -0.4 is 59.1 Å². The second-order valence-electron chi connectivity index (χ2n) is 4.29. The molecule has 0 aromatic rings. The summed E-state index contributed by atoms with van der Waals surface area (Å²) in [5.41, 5.74) is 0. The monoisotopic (exact) mass is 410 g/mol. The van der Waals surface area contributed by atoms with Gasteiger partial charge < -0.3 is 9.11 Å². The third kappa shape index (κ3) is 27.4. The van der Waals surface area contributed by atoms with E-state index in [-0.39, 0.29) is 70.6 Å². The zero-order valence-electron chi connectivity index (χ0n) is 13.2. The molecule has 0 N–H and O–H groups in total. The predicted octanol–water partition coefficient (Wildman–Crippen LogP) is -4.19. The van der Waals surface area contributed by atoms with Crippen LogP contribution in [-0.2, 0) is 20.2 Å². The fraction of sp³-hybridized carbons (Fsp3) is 1.00. The minimum atomic E-state index is -4.07. The number of hydrogen-bond acceptors (Lipinski definition) is 8. The van der Waals surface area contributed by atoms with E-state index in [4.69, 9.17) is 0 Å². The maximum atomic E-state index is 10.3. The first-order valence-electron chi connectivity index (χ1n) is 6.32. The van der Waals surface area contributed by atoms with Crippen molar-refractivity contribution in [3.05, 3.63) is 0 Å². The Morgan fingerprint density at radius 3 is 1.18 bits per heavy atom. The van der Waals surface area contributed by atoms with Gasteiger partial charge in [-0.2, -0.15) is 0 Å². The number of rotatable bonds is 13. The Kier molecular flexibility index (Phi) is 22.6. The third-order valence-corrected chi connectivity index (χ3v) is 6.48. The quantitative estimate of drug-likeness (QED) is 0.130. The zero-order valence-corrected chi connectivity index (χ0v) is 20.4.